The van der Waals surface area contributed by atoms with Crippen molar-refractivity contribution in [1.29, 1.82) is 0 Å². The number of aliphatic hydroxyl groups excluding tert-OH is 2. The second-order valence-electron chi connectivity index (χ2n) is 17.4. The van der Waals surface area contributed by atoms with E-state index in [1.807, 2.05) is 0 Å². The summed E-state index contributed by atoms with van der Waals surface area (Å²) in [4.78, 5) is 12.7. The van der Waals surface area contributed by atoms with Gasteiger partial charge in [0.1, 0.15) is 6.10 Å². The van der Waals surface area contributed by atoms with Crippen LogP contribution in [-0.2, 0) is 9.47 Å². The molecule has 3 unspecified atom stereocenters. The Morgan fingerprint density at radius 1 is 0.957 bits per heavy atom. The Bertz CT molecular complexity index is 1010. The zero-order valence-corrected chi connectivity index (χ0v) is 30.1. The summed E-state index contributed by atoms with van der Waals surface area (Å²) < 4.78 is 11.9. The number of unbranched alkanes of at least 4 members (excludes halogenated alkanes) is 3. The van der Waals surface area contributed by atoms with Crippen LogP contribution in [0.1, 0.15) is 144 Å². The van der Waals surface area contributed by atoms with E-state index in [4.69, 9.17) is 9.47 Å². The number of ether oxygens (including phenoxy) is 2. The molecule has 11 atom stereocenters. The molecule has 6 heteroatoms. The lowest BCUT2D eigenvalue weighted by Gasteiger charge is -2.58. The lowest BCUT2D eigenvalue weighted by Crippen LogP contribution is -2.51. The number of hydrogen-bond acceptors (Lipinski definition) is 5. The fourth-order valence-electron chi connectivity index (χ4n) is 11.4. The molecule has 0 bridgehead atoms. The fraction of sp³-hybridized carbons (Fsp3) is 0.925. The van der Waals surface area contributed by atoms with Gasteiger partial charge in [-0.2, -0.15) is 0 Å². The molecule has 46 heavy (non-hydrogen) atoms. The summed E-state index contributed by atoms with van der Waals surface area (Å²) in [5, 5.41) is 22.2. The van der Waals surface area contributed by atoms with Gasteiger partial charge in [0, 0.05) is 32.1 Å². The summed E-state index contributed by atoms with van der Waals surface area (Å²) in [7, 11) is 0. The molecule has 0 saturated heterocycles. The fourth-order valence-corrected chi connectivity index (χ4v) is 11.4. The molecule has 5 rings (SSSR count). The molecule has 0 spiro atoms. The van der Waals surface area contributed by atoms with Gasteiger partial charge in [0.25, 0.3) is 0 Å². The Kier molecular flexibility index (Phi) is 12.6. The van der Waals surface area contributed by atoms with Crippen LogP contribution in [-0.4, -0.2) is 54.4 Å². The maximum atomic E-state index is 12.7. The number of allylic oxidation sites excluding steroid dienone is 1. The van der Waals surface area contributed by atoms with Crippen LogP contribution < -0.4 is 5.32 Å². The van der Waals surface area contributed by atoms with Gasteiger partial charge in [0.2, 0.25) is 0 Å². The standard InChI is InChI=1S/C40H69NO5/c1-27(2)11-10-12-28(3)34-15-16-35-33-14-13-30-24-31(17-19-39(30,4)36(33)18-20-40(34,35)5)46-38(44)41-21-8-6-7-9-22-45-32-23-29(26-42)37(43)25-32/h13,27-29,31-37,42-43H,6-12,14-26H2,1-5H3,(H,41,44)/t28-,29+,31-,32?,33?,34-,35+,36+,37?,39-,40+/m0/s1. The second-order valence-corrected chi connectivity index (χ2v) is 17.4. The number of carbonyl (C=O) groups is 1. The van der Waals surface area contributed by atoms with E-state index in [1.54, 1.807) is 5.57 Å². The average Bonchev–Trinajstić information content (AvgIpc) is 3.56. The van der Waals surface area contributed by atoms with E-state index in [1.165, 1.54) is 51.4 Å². The van der Waals surface area contributed by atoms with Crippen LogP contribution in [0.2, 0.25) is 0 Å². The highest BCUT2D eigenvalue weighted by molar-refractivity contribution is 5.67. The monoisotopic (exact) mass is 644 g/mol. The second kappa shape index (κ2) is 16.1. The minimum atomic E-state index is -0.433. The smallest absolute Gasteiger partial charge is 0.407 e. The number of hydrogen-bond donors (Lipinski definition) is 3. The molecule has 0 heterocycles. The molecular formula is C40H69NO5. The number of aliphatic hydroxyl groups is 2. The van der Waals surface area contributed by atoms with Gasteiger partial charge in [0.15, 0.2) is 0 Å². The molecular weight excluding hydrogens is 574 g/mol. The zero-order chi connectivity index (χ0) is 32.9. The lowest BCUT2D eigenvalue weighted by atomic mass is 9.47. The van der Waals surface area contributed by atoms with Crippen LogP contribution in [0.15, 0.2) is 11.6 Å². The van der Waals surface area contributed by atoms with Crippen molar-refractivity contribution in [3.8, 4) is 0 Å². The maximum absolute atomic E-state index is 12.7. The summed E-state index contributed by atoms with van der Waals surface area (Å²) in [6.45, 7) is 13.9. The summed E-state index contributed by atoms with van der Waals surface area (Å²) in [5.41, 5.74) is 2.39. The van der Waals surface area contributed by atoms with Gasteiger partial charge in [0.05, 0.1) is 12.2 Å². The number of carbonyl (C=O) groups excluding carboxylic acids is 1. The quantitative estimate of drug-likeness (QED) is 0.123. The van der Waals surface area contributed by atoms with Crippen molar-refractivity contribution in [1.82, 2.24) is 5.32 Å². The number of fused-ring (bicyclic) bond motifs is 5. The van der Waals surface area contributed by atoms with Gasteiger partial charge in [-0.1, -0.05) is 78.4 Å². The Labute approximate surface area is 281 Å². The molecule has 0 aromatic heterocycles. The summed E-state index contributed by atoms with van der Waals surface area (Å²) >= 11 is 0. The number of amides is 1. The SMILES string of the molecule is CC(C)CCC[C@H](C)[C@@H]1CC[C@@H]2C3CC=C4C[C@@H](OC(=O)NCCCCCCOC5CC(O)[C@@H](CO)C5)CC[C@]4(C)[C@@H]3CC[C@@]21C. The number of rotatable bonds is 15. The van der Waals surface area contributed by atoms with Crippen molar-refractivity contribution in [3.63, 3.8) is 0 Å². The van der Waals surface area contributed by atoms with Crippen LogP contribution >= 0.6 is 0 Å². The van der Waals surface area contributed by atoms with Crippen molar-refractivity contribution >= 4 is 6.09 Å². The molecule has 264 valence electrons. The van der Waals surface area contributed by atoms with Gasteiger partial charge in [-0.3, -0.25) is 0 Å². The first-order valence-electron chi connectivity index (χ1n) is 19.6. The largest absolute Gasteiger partial charge is 0.446 e. The van der Waals surface area contributed by atoms with Crippen molar-refractivity contribution in [2.75, 3.05) is 19.8 Å². The molecule has 0 aliphatic heterocycles. The van der Waals surface area contributed by atoms with Crippen molar-refractivity contribution in [2.24, 2.45) is 52.3 Å². The molecule has 4 fully saturated rings. The van der Waals surface area contributed by atoms with Crippen molar-refractivity contribution in [2.45, 2.75) is 162 Å². The van der Waals surface area contributed by atoms with Gasteiger partial charge in [-0.25, -0.2) is 4.79 Å². The molecule has 5 aliphatic carbocycles. The molecule has 5 aliphatic rings. The third-order valence-electron chi connectivity index (χ3n) is 14.1. The van der Waals surface area contributed by atoms with E-state index < -0.39 is 6.10 Å². The minimum absolute atomic E-state index is 0.00367. The van der Waals surface area contributed by atoms with Crippen LogP contribution in [0, 0.1) is 52.3 Å². The Morgan fingerprint density at radius 2 is 1.76 bits per heavy atom. The highest BCUT2D eigenvalue weighted by Crippen LogP contribution is 2.67. The average molecular weight is 644 g/mol. The third-order valence-corrected chi connectivity index (χ3v) is 14.1. The first-order valence-corrected chi connectivity index (χ1v) is 19.6. The van der Waals surface area contributed by atoms with Crippen molar-refractivity contribution < 1.29 is 24.5 Å². The van der Waals surface area contributed by atoms with E-state index in [9.17, 15) is 15.0 Å². The Hall–Kier alpha value is -1.11. The topological polar surface area (TPSA) is 88.0 Å². The lowest BCUT2D eigenvalue weighted by molar-refractivity contribution is -0.0581. The molecule has 3 N–H and O–H groups in total. The minimum Gasteiger partial charge on any atom is -0.446 e. The predicted octanol–water partition coefficient (Wildman–Crippen LogP) is 8.83. The van der Waals surface area contributed by atoms with E-state index in [2.05, 4.69) is 46.0 Å². The van der Waals surface area contributed by atoms with Gasteiger partial charge >= 0.3 is 6.09 Å². The molecule has 0 radical (unpaired) electrons. The van der Waals surface area contributed by atoms with Gasteiger partial charge in [-0.05, 0) is 117 Å². The van der Waals surface area contributed by atoms with E-state index >= 15 is 0 Å². The van der Waals surface area contributed by atoms with Crippen LogP contribution in [0.4, 0.5) is 4.79 Å². The summed E-state index contributed by atoms with van der Waals surface area (Å²) in [5.74, 6) is 5.06. The van der Waals surface area contributed by atoms with Crippen LogP contribution in [0.25, 0.3) is 0 Å². The number of nitrogens with one attached hydrogen (secondary N) is 1. The highest BCUT2D eigenvalue weighted by atomic mass is 16.6. The van der Waals surface area contributed by atoms with E-state index in [-0.39, 0.29) is 36.2 Å². The van der Waals surface area contributed by atoms with Crippen molar-refractivity contribution in [3.05, 3.63) is 11.6 Å². The Morgan fingerprint density at radius 3 is 2.52 bits per heavy atom. The normalized spacial score (nSPS) is 39.3. The first-order chi connectivity index (χ1) is 22.0. The molecule has 4 saturated carbocycles. The van der Waals surface area contributed by atoms with Gasteiger partial charge in [-0.15, -0.1) is 0 Å². The van der Waals surface area contributed by atoms with Crippen LogP contribution in [0.3, 0.4) is 0 Å². The highest BCUT2D eigenvalue weighted by Gasteiger charge is 2.59. The molecule has 1 amide bonds. The molecule has 0 aromatic rings. The zero-order valence-electron chi connectivity index (χ0n) is 30.1. The van der Waals surface area contributed by atoms with E-state index in [0.29, 0.717) is 25.0 Å². The summed E-state index contributed by atoms with van der Waals surface area (Å²) in [6, 6.07) is 0. The predicted molar refractivity (Wildman–Crippen MR) is 185 cm³/mol. The Balaban J connectivity index is 1.01. The van der Waals surface area contributed by atoms with E-state index in [0.717, 1.165) is 86.9 Å². The molecule has 6 nitrogen and oxygen atoms in total. The number of alkyl carbamates (subject to hydrolysis) is 1. The van der Waals surface area contributed by atoms with Gasteiger partial charge < -0.3 is 25.0 Å². The van der Waals surface area contributed by atoms with Crippen LogP contribution in [0.5, 0.6) is 0 Å². The summed E-state index contributed by atoms with van der Waals surface area (Å²) in [6.07, 6.45) is 21.5. The third kappa shape index (κ3) is 8.19. The maximum Gasteiger partial charge on any atom is 0.407 e. The molecule has 0 aromatic carbocycles. The first kappa shape index (κ1) is 36.2.